The first-order chi connectivity index (χ1) is 6.99. The van der Waals surface area contributed by atoms with E-state index in [0.717, 1.165) is 5.46 Å². The van der Waals surface area contributed by atoms with Crippen LogP contribution in [0.1, 0.15) is 20.8 Å². The Bertz CT molecular complexity index is 367. The van der Waals surface area contributed by atoms with Gasteiger partial charge in [0.25, 0.3) is 0 Å². The van der Waals surface area contributed by atoms with Gasteiger partial charge in [-0.2, -0.15) is 0 Å². The molecule has 80 valence electrons. The molecule has 4 heteroatoms. The average Bonchev–Trinajstić information content (AvgIpc) is 2.42. The minimum absolute atomic E-state index is 0.00534. The van der Waals surface area contributed by atoms with Crippen LogP contribution in [0.2, 0.25) is 0 Å². The highest BCUT2D eigenvalue weighted by molar-refractivity contribution is 6.61. The normalized spacial score (nSPS) is 24.5. The average molecular weight is 208 g/mol. The summed E-state index contributed by atoms with van der Waals surface area (Å²) in [7, 11) is -0.453. The van der Waals surface area contributed by atoms with E-state index in [9.17, 15) is 4.39 Å². The molecule has 1 unspecified atom stereocenters. The second-order valence-corrected chi connectivity index (χ2v) is 4.39. The van der Waals surface area contributed by atoms with E-state index in [4.69, 9.17) is 9.31 Å². The van der Waals surface area contributed by atoms with Crippen molar-refractivity contribution in [1.82, 2.24) is 0 Å². The Hall–Kier alpha value is -0.865. The largest absolute Gasteiger partial charge is 0.494 e. The van der Waals surface area contributed by atoms with Gasteiger partial charge in [0.1, 0.15) is 5.82 Å². The van der Waals surface area contributed by atoms with Crippen LogP contribution in [-0.4, -0.2) is 18.8 Å². The van der Waals surface area contributed by atoms with Gasteiger partial charge in [0, 0.05) is 0 Å². The zero-order valence-corrected chi connectivity index (χ0v) is 9.16. The highest BCUT2D eigenvalue weighted by atomic mass is 19.1. The van der Waals surface area contributed by atoms with E-state index in [1.807, 2.05) is 26.8 Å². The van der Waals surface area contributed by atoms with Crippen molar-refractivity contribution in [2.45, 2.75) is 32.5 Å². The minimum Gasteiger partial charge on any atom is -0.402 e. The van der Waals surface area contributed by atoms with E-state index >= 15 is 0 Å². The zero-order valence-electron chi connectivity index (χ0n) is 9.16. The molecular formula is C11H14BFO2. The molecule has 2 nitrogen and oxygen atoms in total. The standard InChI is InChI=1S/C11H14BFO2/c1-8-11(2,3)15-12(14-8)9-5-4-6-10(13)7-9/h4-8H,1-3H3. The van der Waals surface area contributed by atoms with Crippen LogP contribution in [0.25, 0.3) is 0 Å². The first-order valence-corrected chi connectivity index (χ1v) is 5.08. The first-order valence-electron chi connectivity index (χ1n) is 5.08. The van der Waals surface area contributed by atoms with Crippen LogP contribution in [0.15, 0.2) is 24.3 Å². The third-order valence-electron chi connectivity index (χ3n) is 2.84. The molecule has 1 aliphatic heterocycles. The van der Waals surface area contributed by atoms with Crippen molar-refractivity contribution in [2.24, 2.45) is 0 Å². The summed E-state index contributed by atoms with van der Waals surface area (Å²) >= 11 is 0. The van der Waals surface area contributed by atoms with Gasteiger partial charge in [-0.1, -0.05) is 12.1 Å². The lowest BCUT2D eigenvalue weighted by Crippen LogP contribution is -2.34. The molecule has 0 saturated carbocycles. The van der Waals surface area contributed by atoms with Gasteiger partial charge in [0.2, 0.25) is 0 Å². The van der Waals surface area contributed by atoms with Crippen LogP contribution in [0.3, 0.4) is 0 Å². The summed E-state index contributed by atoms with van der Waals surface area (Å²) in [5, 5.41) is 0. The topological polar surface area (TPSA) is 18.5 Å². The molecule has 1 aromatic carbocycles. The molecule has 1 saturated heterocycles. The van der Waals surface area contributed by atoms with Gasteiger partial charge in [-0.05, 0) is 38.4 Å². The number of benzene rings is 1. The fraction of sp³-hybridized carbons (Fsp3) is 0.455. The summed E-state index contributed by atoms with van der Waals surface area (Å²) in [6, 6.07) is 6.32. The van der Waals surface area contributed by atoms with E-state index in [1.165, 1.54) is 12.1 Å². The van der Waals surface area contributed by atoms with Crippen molar-refractivity contribution in [3.05, 3.63) is 30.1 Å². The third kappa shape index (κ3) is 2.06. The summed E-state index contributed by atoms with van der Waals surface area (Å²) in [5.74, 6) is -0.267. The summed E-state index contributed by atoms with van der Waals surface area (Å²) in [4.78, 5) is 0. The maximum Gasteiger partial charge on any atom is 0.494 e. The molecule has 0 spiro atoms. The smallest absolute Gasteiger partial charge is 0.402 e. The minimum atomic E-state index is -0.453. The van der Waals surface area contributed by atoms with Crippen LogP contribution in [0.5, 0.6) is 0 Å². The van der Waals surface area contributed by atoms with Gasteiger partial charge in [0.05, 0.1) is 11.7 Å². The Labute approximate surface area is 89.5 Å². The lowest BCUT2D eigenvalue weighted by atomic mass is 9.79. The van der Waals surface area contributed by atoms with Crippen molar-refractivity contribution >= 4 is 12.6 Å². The van der Waals surface area contributed by atoms with Crippen molar-refractivity contribution in [3.8, 4) is 0 Å². The second kappa shape index (κ2) is 3.61. The van der Waals surface area contributed by atoms with Gasteiger partial charge in [0.15, 0.2) is 0 Å². The molecule has 0 amide bonds. The van der Waals surface area contributed by atoms with E-state index < -0.39 is 7.12 Å². The van der Waals surface area contributed by atoms with Crippen LogP contribution in [-0.2, 0) is 9.31 Å². The maximum absolute atomic E-state index is 13.0. The van der Waals surface area contributed by atoms with Crippen molar-refractivity contribution < 1.29 is 13.7 Å². The van der Waals surface area contributed by atoms with Crippen LogP contribution in [0.4, 0.5) is 4.39 Å². The summed E-state index contributed by atoms with van der Waals surface area (Å²) in [6.45, 7) is 5.90. The van der Waals surface area contributed by atoms with Gasteiger partial charge in [-0.25, -0.2) is 4.39 Å². The fourth-order valence-electron chi connectivity index (χ4n) is 1.55. The summed E-state index contributed by atoms with van der Waals surface area (Å²) in [5.41, 5.74) is 0.407. The van der Waals surface area contributed by atoms with Gasteiger partial charge in [-0.15, -0.1) is 0 Å². The molecule has 1 heterocycles. The molecule has 1 atom stereocenters. The molecule has 0 N–H and O–H groups in total. The number of halogens is 1. The Morgan fingerprint density at radius 2 is 2.13 bits per heavy atom. The molecule has 1 aromatic rings. The number of hydrogen-bond donors (Lipinski definition) is 0. The molecule has 0 bridgehead atoms. The lowest BCUT2D eigenvalue weighted by Gasteiger charge is -2.21. The van der Waals surface area contributed by atoms with E-state index in [2.05, 4.69) is 0 Å². The maximum atomic E-state index is 13.0. The summed E-state index contributed by atoms with van der Waals surface area (Å²) < 4.78 is 24.3. The van der Waals surface area contributed by atoms with Gasteiger partial charge < -0.3 is 9.31 Å². The molecular weight excluding hydrogens is 194 g/mol. The van der Waals surface area contributed by atoms with Crippen LogP contribution >= 0.6 is 0 Å². The molecule has 0 aromatic heterocycles. The second-order valence-electron chi connectivity index (χ2n) is 4.39. The Balaban J connectivity index is 2.21. The predicted molar refractivity (Wildman–Crippen MR) is 57.5 cm³/mol. The van der Waals surface area contributed by atoms with E-state index in [-0.39, 0.29) is 17.5 Å². The highest BCUT2D eigenvalue weighted by Gasteiger charge is 2.43. The Morgan fingerprint density at radius 1 is 1.40 bits per heavy atom. The Morgan fingerprint density at radius 3 is 2.67 bits per heavy atom. The van der Waals surface area contributed by atoms with E-state index in [0.29, 0.717) is 0 Å². The Kier molecular flexibility index (Phi) is 2.56. The van der Waals surface area contributed by atoms with Crippen molar-refractivity contribution in [3.63, 3.8) is 0 Å². The molecule has 15 heavy (non-hydrogen) atoms. The van der Waals surface area contributed by atoms with Crippen molar-refractivity contribution in [1.29, 1.82) is 0 Å². The van der Waals surface area contributed by atoms with Crippen LogP contribution in [0, 0.1) is 5.82 Å². The predicted octanol–water partition coefficient (Wildman–Crippen LogP) is 1.73. The van der Waals surface area contributed by atoms with E-state index in [1.54, 1.807) is 6.07 Å². The van der Waals surface area contributed by atoms with Crippen LogP contribution < -0.4 is 5.46 Å². The number of hydrogen-bond acceptors (Lipinski definition) is 2. The van der Waals surface area contributed by atoms with Gasteiger partial charge in [-0.3, -0.25) is 0 Å². The van der Waals surface area contributed by atoms with Crippen molar-refractivity contribution in [2.75, 3.05) is 0 Å². The first kappa shape index (κ1) is 10.6. The third-order valence-corrected chi connectivity index (χ3v) is 2.84. The molecule has 0 radical (unpaired) electrons. The molecule has 1 fully saturated rings. The molecule has 2 rings (SSSR count). The highest BCUT2D eigenvalue weighted by Crippen LogP contribution is 2.26. The summed E-state index contributed by atoms with van der Waals surface area (Å²) in [6.07, 6.45) is 0.00534. The lowest BCUT2D eigenvalue weighted by molar-refractivity contribution is 0.0842. The van der Waals surface area contributed by atoms with Gasteiger partial charge >= 0.3 is 7.12 Å². The molecule has 0 aliphatic carbocycles. The SMILES string of the molecule is CC1OB(c2cccc(F)c2)OC1(C)C. The quantitative estimate of drug-likeness (QED) is 0.654. The monoisotopic (exact) mass is 208 g/mol. The number of rotatable bonds is 1. The zero-order chi connectivity index (χ0) is 11.1. The molecule has 1 aliphatic rings. The fourth-order valence-corrected chi connectivity index (χ4v) is 1.55.